The van der Waals surface area contributed by atoms with E-state index in [1.807, 2.05) is 69.4 Å². The second-order valence-electron chi connectivity index (χ2n) is 23.5. The zero-order valence-electron chi connectivity index (χ0n) is 48.0. The smallest absolute Gasteiger partial charge is 0.409 e. The fourth-order valence-electron chi connectivity index (χ4n) is 13.0. The number of nitrogens with one attached hydrogen (secondary N) is 2. The maximum atomic E-state index is 17.2. The monoisotopic (exact) mass is 1180 g/mol. The molecular formula is C62H68F2N12O8S. The molecule has 12 rings (SSSR count). The summed E-state index contributed by atoms with van der Waals surface area (Å²) in [6, 6.07) is 14.2. The van der Waals surface area contributed by atoms with Crippen LogP contribution in [0.2, 0.25) is 0 Å². The van der Waals surface area contributed by atoms with E-state index in [1.54, 1.807) is 22.3 Å². The average Bonchev–Trinajstić information content (AvgIpc) is 4.08. The summed E-state index contributed by atoms with van der Waals surface area (Å²) in [5, 5.41) is 33.6. The molecule has 2 unspecified atom stereocenters. The number of thiazole rings is 1. The highest BCUT2D eigenvalue weighted by atomic mass is 32.1. The molecule has 5 saturated heterocycles. The predicted molar refractivity (Wildman–Crippen MR) is 316 cm³/mol. The van der Waals surface area contributed by atoms with Crippen molar-refractivity contribution in [3.63, 3.8) is 0 Å². The first-order valence-corrected chi connectivity index (χ1v) is 29.9. The number of benzene rings is 3. The highest BCUT2D eigenvalue weighted by Gasteiger charge is 2.44. The lowest BCUT2D eigenvalue weighted by atomic mass is 9.91. The number of carbonyl (C=O) groups excluding carboxylic acids is 3. The Morgan fingerprint density at radius 1 is 0.929 bits per heavy atom. The van der Waals surface area contributed by atoms with E-state index >= 15 is 8.78 Å². The molecule has 8 atom stereocenters. The molecule has 85 heavy (non-hydrogen) atoms. The van der Waals surface area contributed by atoms with Crippen LogP contribution in [0.1, 0.15) is 87.4 Å². The van der Waals surface area contributed by atoms with Gasteiger partial charge in [-0.25, -0.2) is 18.6 Å². The molecule has 3 aromatic carbocycles. The number of phenols is 1. The normalized spacial score (nSPS) is 22.4. The predicted octanol–water partition coefficient (Wildman–Crippen LogP) is 7.55. The number of amides is 3. The SMILES string of the molecule is C#Cc1c(F)ccc2cc(O)cc(-c3ncc4c(N5CC6CCC(C5)N6)nc(OC[C@@H]5CC[C@@H](COC(=O)N6CCN(c7cc([C@H](C(=O)N8C[C@H](O)C[C@H]8C(=O)N[C@@H](C)c8ccc(-c9scnc9C)cc8)C(C)C)on7)CC6)N5C)nc4c3F)c12. The lowest BCUT2D eigenvalue weighted by Crippen LogP contribution is -2.51. The minimum atomic E-state index is -0.877. The van der Waals surface area contributed by atoms with E-state index in [0.29, 0.717) is 67.4 Å². The molecule has 3 amide bonds. The Labute approximate surface area is 494 Å². The summed E-state index contributed by atoms with van der Waals surface area (Å²) in [5.74, 6) is 0.432. The first-order chi connectivity index (χ1) is 41.0. The molecule has 2 bridgehead atoms. The lowest BCUT2D eigenvalue weighted by Gasteiger charge is -2.34. The van der Waals surface area contributed by atoms with Crippen molar-refractivity contribution >= 4 is 62.6 Å². The van der Waals surface area contributed by atoms with Crippen LogP contribution in [-0.2, 0) is 14.3 Å². The lowest BCUT2D eigenvalue weighted by molar-refractivity contribution is -0.141. The highest BCUT2D eigenvalue weighted by Crippen LogP contribution is 2.40. The van der Waals surface area contributed by atoms with Crippen LogP contribution < -0.4 is 25.2 Å². The molecule has 0 aliphatic carbocycles. The van der Waals surface area contributed by atoms with Crippen molar-refractivity contribution in [2.24, 2.45) is 5.92 Å². The third-order valence-electron chi connectivity index (χ3n) is 17.7. The third kappa shape index (κ3) is 11.4. The second-order valence-corrected chi connectivity index (χ2v) is 24.3. The van der Waals surface area contributed by atoms with Gasteiger partial charge in [-0.2, -0.15) is 9.97 Å². The van der Waals surface area contributed by atoms with Crippen LogP contribution in [0, 0.1) is 36.8 Å². The van der Waals surface area contributed by atoms with Gasteiger partial charge in [-0.05, 0) is 87.2 Å². The standard InChI is InChI=1S/C62H68F2N12O8S/c1-7-45-48(63)17-12-38-22-43(77)23-46(53(38)45)55-54(64)56-47(26-65-55)58(75-27-39-13-14-40(28-75)68-39)70-61(69-56)82-30-41-15-16-42(72(41)6)31-83-62(81)74-20-18-73(19-21-74)51-25-50(84-71-51)52(33(2)3)60(80)76-29-44(78)24-49(76)59(79)67-34(4)36-8-10-37(11-9-36)57-35(5)66-32-85-57/h1,8-12,17,22-23,25-26,32-34,39-42,44,49,52,68,77-78H,13-16,18-21,24,27-31H2,2-6H3,(H,67,79)/t34-,39?,40?,41-,42-,44+,49-,52+/m0/s1. The number of aromatic nitrogens is 5. The maximum Gasteiger partial charge on any atom is 0.409 e. The van der Waals surface area contributed by atoms with Crippen LogP contribution in [0.4, 0.5) is 25.2 Å². The molecule has 7 aromatic rings. The summed E-state index contributed by atoms with van der Waals surface area (Å²) in [7, 11) is 1.95. The van der Waals surface area contributed by atoms with E-state index in [4.69, 9.17) is 25.4 Å². The number of aliphatic hydroxyl groups excluding tert-OH is 1. The number of ether oxygens (including phenoxy) is 2. The van der Waals surface area contributed by atoms with Gasteiger partial charge in [0.1, 0.15) is 53.8 Å². The number of aliphatic hydroxyl groups is 1. The Morgan fingerprint density at radius 3 is 2.38 bits per heavy atom. The number of phenolic OH excluding ortho intramolecular Hbond substituents is 1. The van der Waals surface area contributed by atoms with Crippen molar-refractivity contribution in [2.45, 2.75) is 108 Å². The molecule has 0 radical (unpaired) electrons. The molecule has 4 N–H and O–H groups in total. The van der Waals surface area contributed by atoms with Crippen LogP contribution in [0.15, 0.2) is 70.8 Å². The number of aryl methyl sites for hydroxylation is 1. The first-order valence-electron chi connectivity index (χ1n) is 29.1. The molecule has 5 aliphatic heterocycles. The minimum Gasteiger partial charge on any atom is -0.508 e. The molecule has 0 spiro atoms. The Bertz CT molecular complexity index is 3710. The van der Waals surface area contributed by atoms with E-state index in [1.165, 1.54) is 35.4 Å². The van der Waals surface area contributed by atoms with Gasteiger partial charge in [-0.1, -0.05) is 55.3 Å². The molecule has 0 saturated carbocycles. The van der Waals surface area contributed by atoms with Gasteiger partial charge < -0.3 is 54.4 Å². The number of β-amino-alcohol motifs (C(OH)–C–C–N with tert-alkyl or cyclic N) is 1. The summed E-state index contributed by atoms with van der Waals surface area (Å²) in [6.45, 7) is 10.9. The van der Waals surface area contributed by atoms with E-state index in [9.17, 15) is 24.6 Å². The number of piperazine rings is 2. The summed E-state index contributed by atoms with van der Waals surface area (Å²) >= 11 is 1.57. The second kappa shape index (κ2) is 23.8. The Morgan fingerprint density at radius 2 is 1.67 bits per heavy atom. The molecule has 4 aromatic heterocycles. The summed E-state index contributed by atoms with van der Waals surface area (Å²) in [4.78, 5) is 70.7. The average molecular weight is 1180 g/mol. The van der Waals surface area contributed by atoms with Gasteiger partial charge in [0, 0.05) is 99.6 Å². The van der Waals surface area contributed by atoms with Gasteiger partial charge in [0.25, 0.3) is 0 Å². The quantitative estimate of drug-likeness (QED) is 0.0727. The number of likely N-dealkylation sites (N-methyl/N-ethyl adjacent to an activating group) is 1. The number of hydrogen-bond acceptors (Lipinski definition) is 18. The van der Waals surface area contributed by atoms with Gasteiger partial charge in [-0.3, -0.25) is 19.5 Å². The van der Waals surface area contributed by atoms with Crippen molar-refractivity contribution in [1.82, 2.24) is 50.4 Å². The van der Waals surface area contributed by atoms with Crippen molar-refractivity contribution in [3.8, 4) is 45.8 Å². The van der Waals surface area contributed by atoms with Gasteiger partial charge >= 0.3 is 12.1 Å². The van der Waals surface area contributed by atoms with E-state index in [-0.39, 0.29) is 114 Å². The number of terminal acetylenes is 1. The fraction of sp³-hybridized carbons (Fsp3) is 0.452. The van der Waals surface area contributed by atoms with Crippen LogP contribution in [0.3, 0.4) is 0 Å². The molecule has 23 heteroatoms. The summed E-state index contributed by atoms with van der Waals surface area (Å²) < 4.78 is 50.4. The van der Waals surface area contributed by atoms with Crippen LogP contribution in [0.5, 0.6) is 11.8 Å². The van der Waals surface area contributed by atoms with E-state index in [0.717, 1.165) is 47.4 Å². The van der Waals surface area contributed by atoms with Crippen LogP contribution >= 0.6 is 11.3 Å². The Balaban J connectivity index is 0.655. The maximum absolute atomic E-state index is 17.2. The zero-order valence-corrected chi connectivity index (χ0v) is 48.8. The largest absolute Gasteiger partial charge is 0.508 e. The number of likely N-dealkylation sites (tertiary alicyclic amines) is 2. The Hall–Kier alpha value is -8.04. The van der Waals surface area contributed by atoms with Crippen molar-refractivity contribution in [3.05, 3.63) is 101 Å². The molecule has 5 aliphatic rings. The number of nitrogens with zero attached hydrogens (tertiary/aromatic N) is 10. The number of carbonyl (C=O) groups is 3. The fourth-order valence-corrected chi connectivity index (χ4v) is 13.8. The first kappa shape index (κ1) is 57.4. The highest BCUT2D eigenvalue weighted by molar-refractivity contribution is 7.13. The minimum absolute atomic E-state index is 0.0110. The number of hydrogen-bond donors (Lipinski definition) is 4. The molecule has 9 heterocycles. The topological polar surface area (TPSA) is 228 Å². The number of anilines is 2. The molecule has 5 fully saturated rings. The van der Waals surface area contributed by atoms with Crippen molar-refractivity contribution in [2.75, 3.05) is 75.9 Å². The summed E-state index contributed by atoms with van der Waals surface area (Å²) in [6.07, 6.45) is 9.54. The number of pyridine rings is 1. The van der Waals surface area contributed by atoms with Crippen molar-refractivity contribution < 1.29 is 47.4 Å². The van der Waals surface area contributed by atoms with Crippen molar-refractivity contribution in [1.29, 1.82) is 0 Å². The number of halogens is 2. The summed E-state index contributed by atoms with van der Waals surface area (Å²) in [5.41, 5.74) is 4.56. The molecular weight excluding hydrogens is 1110 g/mol. The van der Waals surface area contributed by atoms with Crippen LogP contribution in [-0.4, -0.2) is 170 Å². The third-order valence-corrected chi connectivity index (χ3v) is 18.6. The number of fused-ring (bicyclic) bond motifs is 4. The van der Waals surface area contributed by atoms with Gasteiger partial charge in [-0.15, -0.1) is 17.8 Å². The number of rotatable bonds is 15. The van der Waals surface area contributed by atoms with Crippen LogP contribution in [0.25, 0.3) is 43.4 Å². The zero-order chi connectivity index (χ0) is 59.4. The van der Waals surface area contributed by atoms with E-state index in [2.05, 4.69) is 46.5 Å². The molecule has 20 nitrogen and oxygen atoms in total. The van der Waals surface area contributed by atoms with Gasteiger partial charge in [0.15, 0.2) is 17.4 Å². The number of aromatic hydroxyl groups is 1. The van der Waals surface area contributed by atoms with Gasteiger partial charge in [0.2, 0.25) is 11.8 Å². The van der Waals surface area contributed by atoms with E-state index < -0.39 is 35.8 Å². The van der Waals surface area contributed by atoms with Gasteiger partial charge in [0.05, 0.1) is 39.2 Å². The molecule has 444 valence electrons. The Kier molecular flexibility index (Phi) is 16.1.